The standard InChI is InChI=1S/C8H11Cl2NOS/c1-4(3-11)7(12)5-2-6(9)13-8(5)10/h2,4,7,12H,3,11H2,1H3. The van der Waals surface area contributed by atoms with Gasteiger partial charge in [0.15, 0.2) is 0 Å². The molecule has 0 spiro atoms. The zero-order valence-corrected chi connectivity index (χ0v) is 9.46. The first-order chi connectivity index (χ1) is 6.06. The van der Waals surface area contributed by atoms with Crippen LogP contribution in [-0.2, 0) is 0 Å². The average molecular weight is 240 g/mol. The van der Waals surface area contributed by atoms with Crippen molar-refractivity contribution in [3.63, 3.8) is 0 Å². The summed E-state index contributed by atoms with van der Waals surface area (Å²) in [5, 5.41) is 9.77. The maximum Gasteiger partial charge on any atom is 0.100 e. The molecule has 0 aromatic carbocycles. The van der Waals surface area contributed by atoms with Crippen molar-refractivity contribution < 1.29 is 5.11 Å². The summed E-state index contributed by atoms with van der Waals surface area (Å²) in [6.45, 7) is 2.29. The van der Waals surface area contributed by atoms with Crippen molar-refractivity contribution in [1.29, 1.82) is 0 Å². The molecule has 2 atom stereocenters. The van der Waals surface area contributed by atoms with Gasteiger partial charge in [-0.05, 0) is 18.5 Å². The summed E-state index contributed by atoms with van der Waals surface area (Å²) in [6.07, 6.45) is -0.624. The Balaban J connectivity index is 2.87. The van der Waals surface area contributed by atoms with Gasteiger partial charge in [0.2, 0.25) is 0 Å². The summed E-state index contributed by atoms with van der Waals surface area (Å²) in [7, 11) is 0. The fourth-order valence-corrected chi connectivity index (χ4v) is 2.53. The highest BCUT2D eigenvalue weighted by Crippen LogP contribution is 2.37. The van der Waals surface area contributed by atoms with E-state index in [1.54, 1.807) is 6.07 Å². The fraction of sp³-hybridized carbons (Fsp3) is 0.500. The predicted octanol–water partition coefficient (Wildman–Crippen LogP) is 2.68. The maximum absolute atomic E-state index is 9.77. The molecule has 0 aliphatic rings. The molecule has 1 aromatic rings. The van der Waals surface area contributed by atoms with Crippen molar-refractivity contribution in [2.75, 3.05) is 6.54 Å². The van der Waals surface area contributed by atoms with Gasteiger partial charge in [0.25, 0.3) is 0 Å². The molecule has 3 N–H and O–H groups in total. The summed E-state index contributed by atoms with van der Waals surface area (Å²) in [4.78, 5) is 0. The Bertz CT molecular complexity index is 290. The van der Waals surface area contributed by atoms with Crippen LogP contribution in [0.4, 0.5) is 0 Å². The second kappa shape index (κ2) is 4.62. The van der Waals surface area contributed by atoms with E-state index in [-0.39, 0.29) is 5.92 Å². The van der Waals surface area contributed by atoms with Gasteiger partial charge in [0.1, 0.15) is 4.34 Å². The van der Waals surface area contributed by atoms with E-state index < -0.39 is 6.10 Å². The van der Waals surface area contributed by atoms with Crippen LogP contribution in [0.25, 0.3) is 0 Å². The van der Waals surface area contributed by atoms with Gasteiger partial charge >= 0.3 is 0 Å². The molecule has 1 heterocycles. The molecule has 0 saturated heterocycles. The Morgan fingerprint density at radius 1 is 1.62 bits per heavy atom. The van der Waals surface area contributed by atoms with Crippen molar-refractivity contribution in [3.8, 4) is 0 Å². The molecular formula is C8H11Cl2NOS. The summed E-state index contributed by atoms with van der Waals surface area (Å²) >= 11 is 12.9. The number of nitrogens with two attached hydrogens (primary N) is 1. The smallest absolute Gasteiger partial charge is 0.100 e. The Kier molecular flexibility index (Phi) is 4.01. The van der Waals surface area contributed by atoms with Crippen molar-refractivity contribution in [2.24, 2.45) is 11.7 Å². The molecule has 74 valence electrons. The number of rotatable bonds is 3. The molecule has 0 fully saturated rings. The first-order valence-electron chi connectivity index (χ1n) is 3.89. The number of hydrogen-bond donors (Lipinski definition) is 2. The normalized spacial score (nSPS) is 15.8. The summed E-state index contributed by atoms with van der Waals surface area (Å²) < 4.78 is 1.13. The zero-order valence-electron chi connectivity index (χ0n) is 7.13. The molecular weight excluding hydrogens is 229 g/mol. The molecule has 0 saturated carbocycles. The van der Waals surface area contributed by atoms with E-state index in [0.29, 0.717) is 20.8 Å². The molecule has 2 nitrogen and oxygen atoms in total. The number of halogens is 2. The molecule has 0 aliphatic heterocycles. The third-order valence-corrected chi connectivity index (χ3v) is 3.43. The van der Waals surface area contributed by atoms with Crippen molar-refractivity contribution in [3.05, 3.63) is 20.3 Å². The molecule has 0 radical (unpaired) electrons. The van der Waals surface area contributed by atoms with Gasteiger partial charge in [-0.25, -0.2) is 0 Å². The second-order valence-electron chi connectivity index (χ2n) is 2.94. The second-order valence-corrected chi connectivity index (χ2v) is 5.22. The van der Waals surface area contributed by atoms with E-state index in [9.17, 15) is 5.11 Å². The lowest BCUT2D eigenvalue weighted by Gasteiger charge is -2.15. The van der Waals surface area contributed by atoms with Gasteiger partial charge < -0.3 is 10.8 Å². The Hall–Kier alpha value is 0.200. The lowest BCUT2D eigenvalue weighted by atomic mass is 10.0. The Morgan fingerprint density at radius 3 is 2.62 bits per heavy atom. The van der Waals surface area contributed by atoms with Crippen LogP contribution in [0, 0.1) is 5.92 Å². The predicted molar refractivity (Wildman–Crippen MR) is 57.5 cm³/mol. The van der Waals surface area contributed by atoms with E-state index in [1.165, 1.54) is 11.3 Å². The Morgan fingerprint density at radius 2 is 2.23 bits per heavy atom. The molecule has 0 bridgehead atoms. The van der Waals surface area contributed by atoms with Crippen LogP contribution in [0.1, 0.15) is 18.6 Å². The van der Waals surface area contributed by atoms with Crippen LogP contribution in [0.3, 0.4) is 0 Å². The molecule has 5 heteroatoms. The van der Waals surface area contributed by atoms with E-state index in [1.807, 2.05) is 6.92 Å². The quantitative estimate of drug-likeness (QED) is 0.853. The molecule has 2 unspecified atom stereocenters. The van der Waals surface area contributed by atoms with Gasteiger partial charge in [-0.3, -0.25) is 0 Å². The summed E-state index contributed by atoms with van der Waals surface area (Å²) in [5.74, 6) is -0.0110. The highest BCUT2D eigenvalue weighted by molar-refractivity contribution is 7.20. The van der Waals surface area contributed by atoms with Gasteiger partial charge in [-0.2, -0.15) is 0 Å². The molecule has 0 amide bonds. The van der Waals surface area contributed by atoms with Crippen molar-refractivity contribution in [1.82, 2.24) is 0 Å². The number of thiophene rings is 1. The highest BCUT2D eigenvalue weighted by atomic mass is 35.5. The highest BCUT2D eigenvalue weighted by Gasteiger charge is 2.19. The number of aliphatic hydroxyl groups is 1. The first kappa shape index (κ1) is 11.3. The summed E-state index contributed by atoms with van der Waals surface area (Å²) in [6, 6.07) is 1.69. The van der Waals surface area contributed by atoms with Crippen LogP contribution in [0.2, 0.25) is 8.67 Å². The van der Waals surface area contributed by atoms with Crippen LogP contribution in [0.5, 0.6) is 0 Å². The monoisotopic (exact) mass is 239 g/mol. The fourth-order valence-electron chi connectivity index (χ4n) is 0.990. The van der Waals surface area contributed by atoms with E-state index >= 15 is 0 Å². The van der Waals surface area contributed by atoms with Crippen LogP contribution < -0.4 is 5.73 Å². The Labute approximate surface area is 91.3 Å². The number of hydrogen-bond acceptors (Lipinski definition) is 3. The lowest BCUT2D eigenvalue weighted by Crippen LogP contribution is -2.18. The van der Waals surface area contributed by atoms with Crippen LogP contribution >= 0.6 is 34.5 Å². The van der Waals surface area contributed by atoms with Gasteiger partial charge in [0.05, 0.1) is 10.4 Å². The van der Waals surface area contributed by atoms with Gasteiger partial charge in [0, 0.05) is 5.56 Å². The van der Waals surface area contributed by atoms with Crippen LogP contribution in [0.15, 0.2) is 6.07 Å². The molecule has 0 aliphatic carbocycles. The average Bonchev–Trinajstić information content (AvgIpc) is 2.42. The minimum absolute atomic E-state index is 0.0110. The van der Waals surface area contributed by atoms with Crippen LogP contribution in [-0.4, -0.2) is 11.7 Å². The summed E-state index contributed by atoms with van der Waals surface area (Å²) in [5.41, 5.74) is 6.11. The molecule has 1 rings (SSSR count). The minimum Gasteiger partial charge on any atom is -0.388 e. The third-order valence-electron chi connectivity index (χ3n) is 1.91. The number of aliphatic hydroxyl groups excluding tert-OH is 1. The largest absolute Gasteiger partial charge is 0.388 e. The maximum atomic E-state index is 9.77. The lowest BCUT2D eigenvalue weighted by molar-refractivity contribution is 0.122. The van der Waals surface area contributed by atoms with E-state index in [4.69, 9.17) is 28.9 Å². The third kappa shape index (κ3) is 2.58. The van der Waals surface area contributed by atoms with Crippen molar-refractivity contribution in [2.45, 2.75) is 13.0 Å². The van der Waals surface area contributed by atoms with E-state index in [2.05, 4.69) is 0 Å². The molecule has 13 heavy (non-hydrogen) atoms. The first-order valence-corrected chi connectivity index (χ1v) is 5.46. The molecule has 1 aromatic heterocycles. The zero-order chi connectivity index (χ0) is 10.0. The van der Waals surface area contributed by atoms with E-state index in [0.717, 1.165) is 0 Å². The van der Waals surface area contributed by atoms with Gasteiger partial charge in [-0.15, -0.1) is 11.3 Å². The van der Waals surface area contributed by atoms with Gasteiger partial charge in [-0.1, -0.05) is 30.1 Å². The SMILES string of the molecule is CC(CN)C(O)c1cc(Cl)sc1Cl. The van der Waals surface area contributed by atoms with Crippen molar-refractivity contribution >= 4 is 34.5 Å². The topological polar surface area (TPSA) is 46.2 Å². The minimum atomic E-state index is -0.624.